The monoisotopic (exact) mass is 413 g/mol. The number of thiazole rings is 1. The van der Waals surface area contributed by atoms with E-state index in [4.69, 9.17) is 4.74 Å². The number of aromatic nitrogens is 5. The van der Waals surface area contributed by atoms with Gasteiger partial charge in [-0.25, -0.2) is 4.98 Å². The van der Waals surface area contributed by atoms with E-state index in [1.807, 2.05) is 36.1 Å². The molecule has 1 aromatic carbocycles. The average molecular weight is 414 g/mol. The number of benzene rings is 1. The molecule has 28 heavy (non-hydrogen) atoms. The molecular formula is C19H19N5O2S2. The van der Waals surface area contributed by atoms with Crippen LogP contribution < -0.4 is 10.3 Å². The minimum atomic E-state index is -0.0672. The Hall–Kier alpha value is -2.65. The third-order valence-corrected chi connectivity index (χ3v) is 6.35. The van der Waals surface area contributed by atoms with Gasteiger partial charge in [0.25, 0.3) is 5.56 Å². The SMILES string of the molecule is Cc1cccc(OCc2nnc(SCc3cc(=O)n4ccsc4n3)n2C)c1C. The smallest absolute Gasteiger partial charge is 0.258 e. The van der Waals surface area contributed by atoms with Crippen molar-refractivity contribution < 1.29 is 4.74 Å². The van der Waals surface area contributed by atoms with E-state index in [0.717, 1.165) is 28.0 Å². The molecule has 0 spiro atoms. The van der Waals surface area contributed by atoms with Gasteiger partial charge in [-0.15, -0.1) is 21.5 Å². The summed E-state index contributed by atoms with van der Waals surface area (Å²) in [4.78, 5) is 17.3. The van der Waals surface area contributed by atoms with Gasteiger partial charge in [0.15, 0.2) is 15.9 Å². The maximum Gasteiger partial charge on any atom is 0.258 e. The summed E-state index contributed by atoms with van der Waals surface area (Å²) in [7, 11) is 1.91. The average Bonchev–Trinajstić information content (AvgIpc) is 3.28. The highest BCUT2D eigenvalue weighted by atomic mass is 32.2. The molecule has 0 unspecified atom stereocenters. The molecule has 0 N–H and O–H groups in total. The van der Waals surface area contributed by atoms with Crippen LogP contribution in [0.15, 0.2) is 45.8 Å². The van der Waals surface area contributed by atoms with Gasteiger partial charge in [0.1, 0.15) is 12.4 Å². The number of hydrogen-bond donors (Lipinski definition) is 0. The van der Waals surface area contributed by atoms with E-state index < -0.39 is 0 Å². The van der Waals surface area contributed by atoms with Crippen LogP contribution in [0.3, 0.4) is 0 Å². The van der Waals surface area contributed by atoms with Crippen LogP contribution in [0.2, 0.25) is 0 Å². The van der Waals surface area contributed by atoms with Gasteiger partial charge in [-0.1, -0.05) is 23.9 Å². The molecule has 4 rings (SSSR count). The fourth-order valence-electron chi connectivity index (χ4n) is 2.72. The molecule has 0 aliphatic carbocycles. The first-order valence-corrected chi connectivity index (χ1v) is 10.6. The van der Waals surface area contributed by atoms with Crippen LogP contribution in [-0.4, -0.2) is 24.1 Å². The van der Waals surface area contributed by atoms with Crippen LogP contribution >= 0.6 is 23.1 Å². The molecule has 0 bridgehead atoms. The summed E-state index contributed by atoms with van der Waals surface area (Å²) in [5.74, 6) is 2.14. The lowest BCUT2D eigenvalue weighted by molar-refractivity contribution is 0.288. The van der Waals surface area contributed by atoms with Crippen molar-refractivity contribution >= 4 is 28.1 Å². The first kappa shape index (κ1) is 18.7. The van der Waals surface area contributed by atoms with E-state index in [9.17, 15) is 4.79 Å². The number of hydrogen-bond acceptors (Lipinski definition) is 7. The predicted octanol–water partition coefficient (Wildman–Crippen LogP) is 3.37. The summed E-state index contributed by atoms with van der Waals surface area (Å²) >= 11 is 2.94. The number of fused-ring (bicyclic) bond motifs is 1. The van der Waals surface area contributed by atoms with Gasteiger partial charge in [0, 0.05) is 30.4 Å². The van der Waals surface area contributed by atoms with Crippen LogP contribution in [0.1, 0.15) is 22.6 Å². The third-order valence-electron chi connectivity index (χ3n) is 4.54. The van der Waals surface area contributed by atoms with Crippen molar-refractivity contribution in [2.75, 3.05) is 0 Å². The number of ether oxygens (including phenoxy) is 1. The fourth-order valence-corrected chi connectivity index (χ4v) is 4.28. The number of rotatable bonds is 6. The van der Waals surface area contributed by atoms with Gasteiger partial charge in [0.2, 0.25) is 0 Å². The lowest BCUT2D eigenvalue weighted by Gasteiger charge is -2.10. The van der Waals surface area contributed by atoms with E-state index in [1.165, 1.54) is 28.7 Å². The Bertz CT molecular complexity index is 1190. The van der Waals surface area contributed by atoms with Gasteiger partial charge < -0.3 is 9.30 Å². The number of nitrogens with zero attached hydrogens (tertiary/aromatic N) is 5. The number of aryl methyl sites for hydroxylation is 1. The van der Waals surface area contributed by atoms with Gasteiger partial charge >= 0.3 is 0 Å². The molecule has 3 aromatic heterocycles. The Morgan fingerprint density at radius 2 is 2.11 bits per heavy atom. The van der Waals surface area contributed by atoms with Crippen LogP contribution in [0.5, 0.6) is 5.75 Å². The van der Waals surface area contributed by atoms with E-state index in [-0.39, 0.29) is 5.56 Å². The van der Waals surface area contributed by atoms with Crippen LogP contribution in [-0.2, 0) is 19.4 Å². The summed E-state index contributed by atoms with van der Waals surface area (Å²) < 4.78 is 9.38. The Balaban J connectivity index is 1.44. The summed E-state index contributed by atoms with van der Waals surface area (Å²) in [6.07, 6.45) is 1.73. The predicted molar refractivity (Wildman–Crippen MR) is 110 cm³/mol. The molecule has 144 valence electrons. The van der Waals surface area contributed by atoms with Crippen LogP contribution in [0.4, 0.5) is 0 Å². The molecule has 0 atom stereocenters. The van der Waals surface area contributed by atoms with E-state index >= 15 is 0 Å². The topological polar surface area (TPSA) is 74.3 Å². The van der Waals surface area contributed by atoms with Crippen molar-refractivity contribution in [3.05, 3.63) is 68.8 Å². The maximum atomic E-state index is 12.1. The van der Waals surface area contributed by atoms with Gasteiger partial charge in [0.05, 0.1) is 5.69 Å². The minimum absolute atomic E-state index is 0.0672. The second-order valence-corrected chi connectivity index (χ2v) is 8.19. The van der Waals surface area contributed by atoms with Crippen molar-refractivity contribution in [3.63, 3.8) is 0 Å². The highest BCUT2D eigenvalue weighted by molar-refractivity contribution is 7.98. The molecule has 4 aromatic rings. The normalized spacial score (nSPS) is 11.2. The van der Waals surface area contributed by atoms with Crippen LogP contribution in [0, 0.1) is 13.8 Å². The third kappa shape index (κ3) is 3.67. The largest absolute Gasteiger partial charge is 0.485 e. The molecule has 0 saturated heterocycles. The first-order valence-electron chi connectivity index (χ1n) is 8.69. The Morgan fingerprint density at radius 3 is 2.96 bits per heavy atom. The summed E-state index contributed by atoms with van der Waals surface area (Å²) in [6.45, 7) is 4.45. The lowest BCUT2D eigenvalue weighted by atomic mass is 10.1. The molecule has 0 aliphatic heterocycles. The zero-order valence-electron chi connectivity index (χ0n) is 15.7. The Labute approximate surface area is 170 Å². The summed E-state index contributed by atoms with van der Waals surface area (Å²) in [5.41, 5.74) is 2.98. The molecule has 0 saturated carbocycles. The molecule has 0 fully saturated rings. The second-order valence-electron chi connectivity index (χ2n) is 6.37. The van der Waals surface area contributed by atoms with Crippen molar-refractivity contribution in [1.82, 2.24) is 24.1 Å². The van der Waals surface area contributed by atoms with Crippen molar-refractivity contribution in [3.8, 4) is 5.75 Å². The van der Waals surface area contributed by atoms with Gasteiger partial charge in [-0.05, 0) is 31.0 Å². The maximum absolute atomic E-state index is 12.1. The molecular weight excluding hydrogens is 394 g/mol. The molecule has 0 amide bonds. The van der Waals surface area contributed by atoms with Crippen molar-refractivity contribution in [2.45, 2.75) is 31.4 Å². The minimum Gasteiger partial charge on any atom is -0.485 e. The zero-order valence-corrected chi connectivity index (χ0v) is 17.4. The quantitative estimate of drug-likeness (QED) is 0.451. The first-order chi connectivity index (χ1) is 13.5. The Kier molecular flexibility index (Phi) is 5.19. The standard InChI is InChI=1S/C19H19N5O2S2/c1-12-5-4-6-15(13(12)2)26-10-16-21-22-19(23(16)3)28-11-14-9-17(25)24-7-8-27-18(24)20-14/h4-9H,10-11H2,1-3H3. The van der Waals surface area contributed by atoms with E-state index in [0.29, 0.717) is 17.3 Å². The molecule has 9 heteroatoms. The zero-order chi connectivity index (χ0) is 19.7. The Morgan fingerprint density at radius 1 is 1.25 bits per heavy atom. The number of thioether (sulfide) groups is 1. The van der Waals surface area contributed by atoms with E-state index in [2.05, 4.69) is 28.2 Å². The van der Waals surface area contributed by atoms with E-state index in [1.54, 1.807) is 16.7 Å². The molecule has 3 heterocycles. The van der Waals surface area contributed by atoms with Crippen LogP contribution in [0.25, 0.3) is 4.96 Å². The molecule has 0 radical (unpaired) electrons. The van der Waals surface area contributed by atoms with Crippen molar-refractivity contribution in [1.29, 1.82) is 0 Å². The van der Waals surface area contributed by atoms with Crippen molar-refractivity contribution in [2.24, 2.45) is 7.05 Å². The molecule has 7 nitrogen and oxygen atoms in total. The van der Waals surface area contributed by atoms with Gasteiger partial charge in [-0.2, -0.15) is 0 Å². The molecule has 0 aliphatic rings. The summed E-state index contributed by atoms with van der Waals surface area (Å²) in [5, 5.41) is 11.1. The lowest BCUT2D eigenvalue weighted by Crippen LogP contribution is -2.12. The summed E-state index contributed by atoms with van der Waals surface area (Å²) in [6, 6.07) is 7.56. The highest BCUT2D eigenvalue weighted by Crippen LogP contribution is 2.23. The highest BCUT2D eigenvalue weighted by Gasteiger charge is 2.12. The van der Waals surface area contributed by atoms with Gasteiger partial charge in [-0.3, -0.25) is 9.20 Å². The second kappa shape index (κ2) is 7.76. The fraction of sp³-hybridized carbons (Fsp3) is 0.263.